The number of unbranched alkanes of at least 4 members (excludes halogenated alkanes) is 20. The minimum Gasteiger partial charge on any atom is -0.457 e. The maximum atomic E-state index is 12.5. The number of ether oxygens (including phenoxy) is 2. The van der Waals surface area contributed by atoms with Gasteiger partial charge in [-0.25, -0.2) is 4.57 Å². The van der Waals surface area contributed by atoms with Gasteiger partial charge >= 0.3 is 13.8 Å². The van der Waals surface area contributed by atoms with Crippen LogP contribution in [0.1, 0.15) is 174 Å². The van der Waals surface area contributed by atoms with Crippen LogP contribution in [0.15, 0.2) is 24.3 Å². The lowest BCUT2D eigenvalue weighted by Gasteiger charge is -2.20. The van der Waals surface area contributed by atoms with E-state index in [-0.39, 0.29) is 32.3 Å². The second-order valence-electron chi connectivity index (χ2n) is 12.8. The first-order valence-electron chi connectivity index (χ1n) is 19.3. The number of rotatable bonds is 37. The molecule has 278 valence electrons. The van der Waals surface area contributed by atoms with Crippen LogP contribution < -0.4 is 5.73 Å². The smallest absolute Gasteiger partial charge is 0.457 e. The van der Waals surface area contributed by atoms with Gasteiger partial charge in [0.25, 0.3) is 0 Å². The zero-order valence-corrected chi connectivity index (χ0v) is 31.4. The molecular formula is C38H74NO7P. The highest BCUT2D eigenvalue weighted by Gasteiger charge is 2.25. The van der Waals surface area contributed by atoms with E-state index in [4.69, 9.17) is 24.3 Å². The quantitative estimate of drug-likeness (QED) is 0.0287. The molecule has 9 heteroatoms. The molecule has 0 aromatic carbocycles. The highest BCUT2D eigenvalue weighted by atomic mass is 31.2. The monoisotopic (exact) mass is 688 g/mol. The average molecular weight is 688 g/mol. The van der Waals surface area contributed by atoms with Crippen molar-refractivity contribution in [2.24, 2.45) is 5.73 Å². The van der Waals surface area contributed by atoms with Crippen LogP contribution in [0.25, 0.3) is 0 Å². The predicted octanol–water partition coefficient (Wildman–Crippen LogP) is 10.9. The summed E-state index contributed by atoms with van der Waals surface area (Å²) >= 11 is 0. The Kier molecular flexibility index (Phi) is 35.5. The van der Waals surface area contributed by atoms with Crippen LogP contribution in [-0.2, 0) is 27.9 Å². The van der Waals surface area contributed by atoms with Gasteiger partial charge in [-0.2, -0.15) is 0 Å². The third kappa shape index (κ3) is 36.1. The number of carbonyl (C=O) groups is 1. The fraction of sp³-hybridized carbons (Fsp3) is 0.868. The van der Waals surface area contributed by atoms with E-state index in [9.17, 15) is 14.3 Å². The first-order valence-corrected chi connectivity index (χ1v) is 20.8. The van der Waals surface area contributed by atoms with Gasteiger partial charge in [0, 0.05) is 19.6 Å². The summed E-state index contributed by atoms with van der Waals surface area (Å²) in [4.78, 5) is 22.4. The van der Waals surface area contributed by atoms with Crippen molar-refractivity contribution in [2.75, 3.05) is 33.0 Å². The first-order chi connectivity index (χ1) is 22.9. The highest BCUT2D eigenvalue weighted by molar-refractivity contribution is 7.47. The molecule has 0 aliphatic carbocycles. The summed E-state index contributed by atoms with van der Waals surface area (Å²) in [5.41, 5.74) is 5.35. The molecule has 0 saturated heterocycles. The summed E-state index contributed by atoms with van der Waals surface area (Å²) in [6, 6.07) is 0. The molecule has 0 bridgehead atoms. The summed E-state index contributed by atoms with van der Waals surface area (Å²) < 4.78 is 33.3. The normalized spacial score (nSPS) is 13.9. The van der Waals surface area contributed by atoms with Crippen LogP contribution in [0.3, 0.4) is 0 Å². The van der Waals surface area contributed by atoms with Crippen LogP contribution >= 0.6 is 7.82 Å². The number of allylic oxidation sites excluding steroid dienone is 4. The molecule has 2 unspecified atom stereocenters. The molecule has 0 fully saturated rings. The topological polar surface area (TPSA) is 117 Å². The molecule has 0 aliphatic rings. The fourth-order valence-corrected chi connectivity index (χ4v) is 5.97. The Morgan fingerprint density at radius 3 is 1.62 bits per heavy atom. The molecule has 8 nitrogen and oxygen atoms in total. The van der Waals surface area contributed by atoms with Crippen LogP contribution in [-0.4, -0.2) is 49.9 Å². The van der Waals surface area contributed by atoms with Gasteiger partial charge in [0.1, 0.15) is 6.10 Å². The standard InChI is InChI=1S/C38H74NO7P/c1-3-5-7-9-11-13-15-17-18-19-20-21-23-25-27-29-31-38(40)46-37(36-45-47(41,42)44-34-32-39)35-43-33-30-28-26-24-22-16-14-12-10-8-6-4-2/h10,12,18-19,37H,3-9,11,13-17,20-36,39H2,1-2H3,(H,41,42)/b12-10-,19-18-. The Hall–Kier alpha value is -1.02. The Morgan fingerprint density at radius 1 is 0.617 bits per heavy atom. The average Bonchev–Trinajstić information content (AvgIpc) is 3.06. The van der Waals surface area contributed by atoms with Crippen LogP contribution in [0.2, 0.25) is 0 Å². The lowest BCUT2D eigenvalue weighted by molar-refractivity contribution is -0.154. The summed E-state index contributed by atoms with van der Waals surface area (Å²) in [6.45, 7) is 4.86. The molecule has 3 N–H and O–H groups in total. The van der Waals surface area contributed by atoms with Crippen LogP contribution in [0.5, 0.6) is 0 Å². The van der Waals surface area contributed by atoms with Crippen molar-refractivity contribution in [1.82, 2.24) is 0 Å². The number of phosphoric acid groups is 1. The van der Waals surface area contributed by atoms with Crippen LogP contribution in [0.4, 0.5) is 0 Å². The van der Waals surface area contributed by atoms with E-state index in [0.717, 1.165) is 44.9 Å². The molecule has 0 radical (unpaired) electrons. The lowest BCUT2D eigenvalue weighted by atomic mass is 10.1. The molecule has 47 heavy (non-hydrogen) atoms. The van der Waals surface area contributed by atoms with Crippen molar-refractivity contribution >= 4 is 13.8 Å². The number of hydrogen-bond acceptors (Lipinski definition) is 7. The molecule has 0 rings (SSSR count). The molecule has 0 amide bonds. The zero-order valence-electron chi connectivity index (χ0n) is 30.5. The maximum Gasteiger partial charge on any atom is 0.472 e. The van der Waals surface area contributed by atoms with Crippen molar-refractivity contribution in [3.8, 4) is 0 Å². The van der Waals surface area contributed by atoms with E-state index in [1.165, 1.54) is 109 Å². The van der Waals surface area contributed by atoms with Gasteiger partial charge < -0.3 is 20.1 Å². The molecule has 0 aromatic rings. The van der Waals surface area contributed by atoms with Crippen molar-refractivity contribution in [3.63, 3.8) is 0 Å². The van der Waals surface area contributed by atoms with E-state index in [1.54, 1.807) is 0 Å². The van der Waals surface area contributed by atoms with Crippen molar-refractivity contribution < 1.29 is 32.8 Å². The van der Waals surface area contributed by atoms with Gasteiger partial charge in [0.05, 0.1) is 19.8 Å². The summed E-state index contributed by atoms with van der Waals surface area (Å²) in [6.07, 6.45) is 37.6. The largest absolute Gasteiger partial charge is 0.472 e. The second kappa shape index (κ2) is 36.3. The van der Waals surface area contributed by atoms with E-state index in [0.29, 0.717) is 13.0 Å². The Morgan fingerprint density at radius 2 is 1.09 bits per heavy atom. The molecular weight excluding hydrogens is 613 g/mol. The van der Waals surface area contributed by atoms with Gasteiger partial charge in [-0.15, -0.1) is 0 Å². The SMILES string of the molecule is CCCC/C=C\CCCCCCCCOCC(COP(=O)(O)OCCN)OC(=O)CCCCCCC/C=C\CCCCCCCCC. The van der Waals surface area contributed by atoms with Crippen molar-refractivity contribution in [2.45, 2.75) is 180 Å². The van der Waals surface area contributed by atoms with E-state index in [1.807, 2.05) is 0 Å². The summed E-state index contributed by atoms with van der Waals surface area (Å²) in [5, 5.41) is 0. The minimum absolute atomic E-state index is 0.0973. The Balaban J connectivity index is 4.09. The number of carbonyl (C=O) groups excluding carboxylic acids is 1. The van der Waals surface area contributed by atoms with Gasteiger partial charge in [-0.05, 0) is 57.8 Å². The van der Waals surface area contributed by atoms with E-state index < -0.39 is 13.9 Å². The number of nitrogens with two attached hydrogens (primary N) is 1. The Labute approximate surface area is 289 Å². The fourth-order valence-electron chi connectivity index (χ4n) is 5.21. The van der Waals surface area contributed by atoms with Gasteiger partial charge in [0.2, 0.25) is 0 Å². The molecule has 0 aromatic heterocycles. The zero-order chi connectivity index (χ0) is 34.5. The number of hydrogen-bond donors (Lipinski definition) is 2. The predicted molar refractivity (Wildman–Crippen MR) is 197 cm³/mol. The van der Waals surface area contributed by atoms with Gasteiger partial charge in [-0.1, -0.05) is 134 Å². The maximum absolute atomic E-state index is 12.5. The Bertz CT molecular complexity index is 777. The molecule has 0 spiro atoms. The van der Waals surface area contributed by atoms with Crippen molar-refractivity contribution in [1.29, 1.82) is 0 Å². The molecule has 2 atom stereocenters. The third-order valence-electron chi connectivity index (χ3n) is 8.09. The van der Waals surface area contributed by atoms with Crippen molar-refractivity contribution in [3.05, 3.63) is 24.3 Å². The summed E-state index contributed by atoms with van der Waals surface area (Å²) in [7, 11) is -4.27. The molecule has 0 saturated carbocycles. The highest BCUT2D eigenvalue weighted by Crippen LogP contribution is 2.43. The number of esters is 1. The van der Waals surface area contributed by atoms with Crippen LogP contribution in [0, 0.1) is 0 Å². The second-order valence-corrected chi connectivity index (χ2v) is 14.2. The molecule has 0 aliphatic heterocycles. The third-order valence-corrected chi connectivity index (χ3v) is 9.08. The van der Waals surface area contributed by atoms with E-state index >= 15 is 0 Å². The number of phosphoric ester groups is 1. The summed E-state index contributed by atoms with van der Waals surface area (Å²) in [5.74, 6) is -0.341. The first kappa shape index (κ1) is 46.0. The van der Waals surface area contributed by atoms with Gasteiger partial charge in [0.15, 0.2) is 0 Å². The minimum atomic E-state index is -4.27. The lowest BCUT2D eigenvalue weighted by Crippen LogP contribution is -2.28. The van der Waals surface area contributed by atoms with Gasteiger partial charge in [-0.3, -0.25) is 13.8 Å². The van der Waals surface area contributed by atoms with E-state index in [2.05, 4.69) is 38.2 Å². The molecule has 0 heterocycles.